The van der Waals surface area contributed by atoms with E-state index in [1.165, 1.54) is 6.08 Å². The van der Waals surface area contributed by atoms with E-state index in [-0.39, 0.29) is 5.91 Å². The van der Waals surface area contributed by atoms with Crippen LogP contribution in [0.25, 0.3) is 6.08 Å². The number of aryl methyl sites for hydroxylation is 1. The highest BCUT2D eigenvalue weighted by molar-refractivity contribution is 6.03. The lowest BCUT2D eigenvalue weighted by atomic mass is 9.98. The molecular weight excluding hydrogens is 314 g/mol. The second-order valence-electron chi connectivity index (χ2n) is 6.12. The van der Waals surface area contributed by atoms with Gasteiger partial charge in [0.2, 0.25) is 5.91 Å². The average molecular weight is 339 g/mol. The van der Waals surface area contributed by atoms with Gasteiger partial charge in [-0.05, 0) is 48.2 Å². The lowest BCUT2D eigenvalue weighted by Crippen LogP contribution is -2.11. The molecule has 0 aliphatic heterocycles. The average Bonchev–Trinajstić information content (AvgIpc) is 2.61. The summed E-state index contributed by atoms with van der Waals surface area (Å²) < 4.78 is 10.6. The molecule has 0 heterocycles. The molecule has 1 amide bonds. The zero-order chi connectivity index (χ0) is 18.4. The van der Waals surface area contributed by atoms with Gasteiger partial charge in [0.25, 0.3) is 0 Å². The van der Waals surface area contributed by atoms with E-state index in [4.69, 9.17) is 9.47 Å². The molecule has 0 radical (unpaired) electrons. The standard InChI is InChI=1S/C21H25NO3/c1-14(2)18-8-6-7-15(3)21(18)22-20(23)12-9-16-13-17(24-4)10-11-19(16)25-5/h6-14H,1-5H3,(H,22,23)/b12-9+. The van der Waals surface area contributed by atoms with Gasteiger partial charge in [-0.15, -0.1) is 0 Å². The van der Waals surface area contributed by atoms with Crippen LogP contribution in [-0.2, 0) is 4.79 Å². The third kappa shape index (κ3) is 4.63. The second-order valence-corrected chi connectivity index (χ2v) is 6.12. The highest BCUT2D eigenvalue weighted by atomic mass is 16.5. The van der Waals surface area contributed by atoms with Crippen molar-refractivity contribution in [3.8, 4) is 11.5 Å². The highest BCUT2D eigenvalue weighted by Crippen LogP contribution is 2.28. The highest BCUT2D eigenvalue weighted by Gasteiger charge is 2.11. The molecular formula is C21H25NO3. The molecule has 0 saturated heterocycles. The van der Waals surface area contributed by atoms with Gasteiger partial charge in [-0.25, -0.2) is 0 Å². The van der Waals surface area contributed by atoms with Crippen LogP contribution in [0.3, 0.4) is 0 Å². The fourth-order valence-corrected chi connectivity index (χ4v) is 2.64. The summed E-state index contributed by atoms with van der Waals surface area (Å²) in [5.74, 6) is 1.55. The molecule has 2 aromatic rings. The number of hydrogen-bond donors (Lipinski definition) is 1. The molecule has 25 heavy (non-hydrogen) atoms. The molecule has 2 rings (SSSR count). The predicted octanol–water partition coefficient (Wildman–Crippen LogP) is 4.79. The van der Waals surface area contributed by atoms with Crippen molar-refractivity contribution in [2.45, 2.75) is 26.7 Å². The van der Waals surface area contributed by atoms with Crippen molar-refractivity contribution in [3.63, 3.8) is 0 Å². The number of hydrogen-bond acceptors (Lipinski definition) is 3. The molecule has 1 N–H and O–H groups in total. The summed E-state index contributed by atoms with van der Waals surface area (Å²) in [7, 11) is 3.20. The van der Waals surface area contributed by atoms with E-state index in [1.807, 2.05) is 43.3 Å². The van der Waals surface area contributed by atoms with Gasteiger partial charge in [-0.2, -0.15) is 0 Å². The Hall–Kier alpha value is -2.75. The van der Waals surface area contributed by atoms with Gasteiger partial charge in [0.15, 0.2) is 0 Å². The summed E-state index contributed by atoms with van der Waals surface area (Å²) >= 11 is 0. The van der Waals surface area contributed by atoms with Gasteiger partial charge in [0, 0.05) is 17.3 Å². The van der Waals surface area contributed by atoms with Gasteiger partial charge in [0.05, 0.1) is 14.2 Å². The first-order valence-electron chi connectivity index (χ1n) is 8.26. The molecule has 0 aliphatic carbocycles. The normalized spacial score (nSPS) is 11.0. The number of methoxy groups -OCH3 is 2. The fraction of sp³-hybridized carbons (Fsp3) is 0.286. The van der Waals surface area contributed by atoms with Crippen LogP contribution in [0.15, 0.2) is 42.5 Å². The molecule has 4 nitrogen and oxygen atoms in total. The molecule has 2 aromatic carbocycles. The molecule has 0 aliphatic rings. The first-order chi connectivity index (χ1) is 12.0. The Labute approximate surface area is 149 Å². The Morgan fingerprint density at radius 3 is 2.52 bits per heavy atom. The maximum atomic E-state index is 12.4. The predicted molar refractivity (Wildman–Crippen MR) is 102 cm³/mol. The van der Waals surface area contributed by atoms with Crippen LogP contribution < -0.4 is 14.8 Å². The van der Waals surface area contributed by atoms with Crippen LogP contribution >= 0.6 is 0 Å². The summed E-state index contributed by atoms with van der Waals surface area (Å²) in [6.45, 7) is 6.22. The van der Waals surface area contributed by atoms with Crippen molar-refractivity contribution in [3.05, 3.63) is 59.2 Å². The Morgan fingerprint density at radius 2 is 1.88 bits per heavy atom. The van der Waals surface area contributed by atoms with Crippen molar-refractivity contribution in [1.82, 2.24) is 0 Å². The maximum absolute atomic E-state index is 12.4. The first kappa shape index (κ1) is 18.6. The minimum absolute atomic E-state index is 0.180. The van der Waals surface area contributed by atoms with E-state index < -0.39 is 0 Å². The van der Waals surface area contributed by atoms with Gasteiger partial charge < -0.3 is 14.8 Å². The SMILES string of the molecule is COc1ccc(OC)c(/C=C/C(=O)Nc2c(C)cccc2C(C)C)c1. The number of para-hydroxylation sites is 1. The number of carbonyl (C=O) groups excluding carboxylic acids is 1. The van der Waals surface area contributed by atoms with E-state index >= 15 is 0 Å². The maximum Gasteiger partial charge on any atom is 0.248 e. The number of ether oxygens (including phenoxy) is 2. The van der Waals surface area contributed by atoms with Crippen molar-refractivity contribution in [2.24, 2.45) is 0 Å². The van der Waals surface area contributed by atoms with Crippen LogP contribution in [0.4, 0.5) is 5.69 Å². The van der Waals surface area contributed by atoms with Crippen LogP contribution in [0, 0.1) is 6.92 Å². The van der Waals surface area contributed by atoms with E-state index in [2.05, 4.69) is 19.2 Å². The Kier molecular flexibility index (Phi) is 6.23. The van der Waals surface area contributed by atoms with E-state index in [1.54, 1.807) is 20.3 Å². The lowest BCUT2D eigenvalue weighted by molar-refractivity contribution is -0.111. The summed E-state index contributed by atoms with van der Waals surface area (Å²) in [5.41, 5.74) is 3.84. The van der Waals surface area contributed by atoms with E-state index in [0.717, 1.165) is 22.4 Å². The van der Waals surface area contributed by atoms with Crippen molar-refractivity contribution in [1.29, 1.82) is 0 Å². The minimum atomic E-state index is -0.180. The summed E-state index contributed by atoms with van der Waals surface area (Å²) in [4.78, 5) is 12.4. The largest absolute Gasteiger partial charge is 0.497 e. The van der Waals surface area contributed by atoms with Crippen molar-refractivity contribution < 1.29 is 14.3 Å². The Balaban J connectivity index is 2.23. The molecule has 0 spiro atoms. The summed E-state index contributed by atoms with van der Waals surface area (Å²) in [6, 6.07) is 11.5. The number of amides is 1. The van der Waals surface area contributed by atoms with Gasteiger partial charge in [0.1, 0.15) is 11.5 Å². The lowest BCUT2D eigenvalue weighted by Gasteiger charge is -2.15. The molecule has 0 atom stereocenters. The molecule has 0 fully saturated rings. The smallest absolute Gasteiger partial charge is 0.248 e. The van der Waals surface area contributed by atoms with Gasteiger partial charge in [-0.3, -0.25) is 4.79 Å². The Morgan fingerprint density at radius 1 is 1.12 bits per heavy atom. The molecule has 0 bridgehead atoms. The van der Waals surface area contributed by atoms with Gasteiger partial charge >= 0.3 is 0 Å². The van der Waals surface area contributed by atoms with Gasteiger partial charge in [-0.1, -0.05) is 32.0 Å². The number of rotatable bonds is 6. The monoisotopic (exact) mass is 339 g/mol. The zero-order valence-electron chi connectivity index (χ0n) is 15.4. The fourth-order valence-electron chi connectivity index (χ4n) is 2.64. The van der Waals surface area contributed by atoms with Crippen molar-refractivity contribution >= 4 is 17.7 Å². The third-order valence-electron chi connectivity index (χ3n) is 4.03. The quantitative estimate of drug-likeness (QED) is 0.770. The summed E-state index contributed by atoms with van der Waals surface area (Å²) in [5, 5.41) is 3.00. The number of benzene rings is 2. The molecule has 0 aromatic heterocycles. The van der Waals surface area contributed by atoms with E-state index in [0.29, 0.717) is 17.4 Å². The zero-order valence-corrected chi connectivity index (χ0v) is 15.4. The van der Waals surface area contributed by atoms with E-state index in [9.17, 15) is 4.79 Å². The number of carbonyl (C=O) groups is 1. The molecule has 132 valence electrons. The Bertz CT molecular complexity index is 779. The summed E-state index contributed by atoms with van der Waals surface area (Å²) in [6.07, 6.45) is 3.23. The molecule has 0 unspecified atom stereocenters. The molecule has 4 heteroatoms. The second kappa shape index (κ2) is 8.38. The first-order valence-corrected chi connectivity index (χ1v) is 8.26. The van der Waals surface area contributed by atoms with Crippen LogP contribution in [-0.4, -0.2) is 20.1 Å². The molecule has 0 saturated carbocycles. The number of anilines is 1. The topological polar surface area (TPSA) is 47.6 Å². The van der Waals surface area contributed by atoms with Crippen LogP contribution in [0.2, 0.25) is 0 Å². The van der Waals surface area contributed by atoms with Crippen LogP contribution in [0.1, 0.15) is 36.5 Å². The number of nitrogens with one attached hydrogen (secondary N) is 1. The van der Waals surface area contributed by atoms with Crippen LogP contribution in [0.5, 0.6) is 11.5 Å². The minimum Gasteiger partial charge on any atom is -0.497 e. The third-order valence-corrected chi connectivity index (χ3v) is 4.03. The van der Waals surface area contributed by atoms with Crippen molar-refractivity contribution in [2.75, 3.05) is 19.5 Å².